The van der Waals surface area contributed by atoms with Crippen molar-refractivity contribution in [2.24, 2.45) is 10.9 Å². The Kier molecular flexibility index (Phi) is 5.99. The first-order valence-corrected chi connectivity index (χ1v) is 8.10. The number of rotatable bonds is 7. The van der Waals surface area contributed by atoms with E-state index in [-0.39, 0.29) is 11.7 Å². The molecule has 6 nitrogen and oxygen atoms in total. The first-order valence-electron chi connectivity index (χ1n) is 7.15. The topological polar surface area (TPSA) is 85.9 Å². The number of carbonyl (C=O) groups excluding carboxylic acids is 1. The Morgan fingerprint density at radius 2 is 2.09 bits per heavy atom. The number of amides is 1. The van der Waals surface area contributed by atoms with Crippen LogP contribution in [0.5, 0.6) is 5.75 Å². The van der Waals surface area contributed by atoms with Crippen LogP contribution in [0.25, 0.3) is 0 Å². The molecule has 0 saturated heterocycles. The van der Waals surface area contributed by atoms with E-state index < -0.39 is 6.10 Å². The summed E-state index contributed by atoms with van der Waals surface area (Å²) in [7, 11) is 0. The van der Waals surface area contributed by atoms with Gasteiger partial charge in [0.15, 0.2) is 5.84 Å². The molecule has 1 aromatic carbocycles. The first-order chi connectivity index (χ1) is 11.1. The third-order valence-corrected chi connectivity index (χ3v) is 3.61. The van der Waals surface area contributed by atoms with Crippen LogP contribution in [-0.2, 0) is 9.63 Å². The molecule has 1 aromatic heterocycles. The standard InChI is InChI=1S/C16H19N3O3S/c1-3-21-14-6-4-13(5-7-14)18-16(20)11(2)22-19-15(17)12-8-9-23-10-12/h4-11H,3H2,1-2H3,(H2,17,19)(H,18,20). The number of carbonyl (C=O) groups is 1. The summed E-state index contributed by atoms with van der Waals surface area (Å²) in [6.45, 7) is 4.12. The fraction of sp³-hybridized carbons (Fsp3) is 0.250. The maximum absolute atomic E-state index is 12.0. The minimum atomic E-state index is -0.765. The highest BCUT2D eigenvalue weighted by Crippen LogP contribution is 2.16. The lowest BCUT2D eigenvalue weighted by atomic mass is 10.3. The fourth-order valence-electron chi connectivity index (χ4n) is 1.69. The van der Waals surface area contributed by atoms with Gasteiger partial charge in [0, 0.05) is 16.6 Å². The van der Waals surface area contributed by atoms with Gasteiger partial charge in [-0.25, -0.2) is 0 Å². The molecule has 2 aromatic rings. The molecule has 1 amide bonds. The van der Waals surface area contributed by atoms with Crippen molar-refractivity contribution in [3.8, 4) is 5.75 Å². The normalized spacial score (nSPS) is 12.5. The van der Waals surface area contributed by atoms with E-state index >= 15 is 0 Å². The molecule has 0 fully saturated rings. The number of thiophene rings is 1. The lowest BCUT2D eigenvalue weighted by molar-refractivity contribution is -0.126. The summed E-state index contributed by atoms with van der Waals surface area (Å²) in [4.78, 5) is 17.2. The Labute approximate surface area is 138 Å². The van der Waals surface area contributed by atoms with E-state index in [1.807, 2.05) is 23.8 Å². The second kappa shape index (κ2) is 8.19. The molecule has 0 aliphatic heterocycles. The SMILES string of the molecule is CCOc1ccc(NC(=O)C(C)O/N=C(\N)c2ccsc2)cc1. The van der Waals surface area contributed by atoms with Crippen molar-refractivity contribution < 1.29 is 14.4 Å². The van der Waals surface area contributed by atoms with Gasteiger partial charge in [-0.1, -0.05) is 5.16 Å². The number of ether oxygens (including phenoxy) is 1. The number of nitrogens with zero attached hydrogens (tertiary/aromatic N) is 1. The fourth-order valence-corrected chi connectivity index (χ4v) is 2.34. The van der Waals surface area contributed by atoms with Gasteiger partial charge in [0.2, 0.25) is 6.10 Å². The molecule has 1 atom stereocenters. The Balaban J connectivity index is 1.88. The molecule has 0 aliphatic carbocycles. The lowest BCUT2D eigenvalue weighted by Gasteiger charge is -2.11. The van der Waals surface area contributed by atoms with Gasteiger partial charge in [0.25, 0.3) is 5.91 Å². The summed E-state index contributed by atoms with van der Waals surface area (Å²) in [5.74, 6) is 0.686. The summed E-state index contributed by atoms with van der Waals surface area (Å²) in [6.07, 6.45) is -0.765. The minimum absolute atomic E-state index is 0.243. The predicted octanol–water partition coefficient (Wildman–Crippen LogP) is 2.81. The van der Waals surface area contributed by atoms with Crippen LogP contribution in [0.4, 0.5) is 5.69 Å². The van der Waals surface area contributed by atoms with Gasteiger partial charge in [-0.05, 0) is 49.6 Å². The first kappa shape index (κ1) is 16.8. The predicted molar refractivity (Wildman–Crippen MR) is 91.8 cm³/mol. The van der Waals surface area contributed by atoms with Crippen LogP contribution >= 0.6 is 11.3 Å². The van der Waals surface area contributed by atoms with Gasteiger partial charge in [-0.15, -0.1) is 0 Å². The minimum Gasteiger partial charge on any atom is -0.494 e. The Hall–Kier alpha value is -2.54. The summed E-state index contributed by atoms with van der Waals surface area (Å²) < 4.78 is 5.35. The molecule has 2 rings (SSSR count). The van der Waals surface area contributed by atoms with E-state index in [9.17, 15) is 4.79 Å². The van der Waals surface area contributed by atoms with Crippen LogP contribution in [0.1, 0.15) is 19.4 Å². The summed E-state index contributed by atoms with van der Waals surface area (Å²) in [5.41, 5.74) is 7.20. The number of benzene rings is 1. The molecular formula is C16H19N3O3S. The highest BCUT2D eigenvalue weighted by atomic mass is 32.1. The van der Waals surface area contributed by atoms with Crippen molar-refractivity contribution in [2.45, 2.75) is 20.0 Å². The third kappa shape index (κ3) is 5.00. The number of hydrogen-bond donors (Lipinski definition) is 2. The largest absolute Gasteiger partial charge is 0.494 e. The molecular weight excluding hydrogens is 314 g/mol. The average molecular weight is 333 g/mol. The van der Waals surface area contributed by atoms with Crippen molar-refractivity contribution in [3.63, 3.8) is 0 Å². The van der Waals surface area contributed by atoms with Gasteiger partial charge in [-0.2, -0.15) is 11.3 Å². The monoisotopic (exact) mass is 333 g/mol. The molecule has 0 radical (unpaired) electrons. The van der Waals surface area contributed by atoms with Crippen LogP contribution in [0.15, 0.2) is 46.2 Å². The molecule has 122 valence electrons. The molecule has 3 N–H and O–H groups in total. The van der Waals surface area contributed by atoms with E-state index in [2.05, 4.69) is 10.5 Å². The second-order valence-corrected chi connectivity index (χ2v) is 5.46. The van der Waals surface area contributed by atoms with Crippen LogP contribution < -0.4 is 15.8 Å². The molecule has 1 heterocycles. The van der Waals surface area contributed by atoms with Crippen LogP contribution in [-0.4, -0.2) is 24.5 Å². The van der Waals surface area contributed by atoms with E-state index in [1.165, 1.54) is 11.3 Å². The lowest BCUT2D eigenvalue weighted by Crippen LogP contribution is -2.27. The number of anilines is 1. The number of nitrogens with one attached hydrogen (secondary N) is 1. The van der Waals surface area contributed by atoms with Gasteiger partial charge in [0.05, 0.1) is 6.61 Å². The molecule has 0 spiro atoms. The number of nitrogens with two attached hydrogens (primary N) is 1. The average Bonchev–Trinajstić information content (AvgIpc) is 3.09. The highest BCUT2D eigenvalue weighted by Gasteiger charge is 2.15. The Morgan fingerprint density at radius 3 is 2.70 bits per heavy atom. The maximum Gasteiger partial charge on any atom is 0.267 e. The summed E-state index contributed by atoms with van der Waals surface area (Å²) >= 11 is 1.51. The van der Waals surface area contributed by atoms with Crippen molar-refractivity contribution in [1.29, 1.82) is 0 Å². The zero-order valence-electron chi connectivity index (χ0n) is 13.0. The van der Waals surface area contributed by atoms with Crippen LogP contribution in [0.2, 0.25) is 0 Å². The van der Waals surface area contributed by atoms with Gasteiger partial charge < -0.3 is 20.6 Å². The van der Waals surface area contributed by atoms with E-state index in [0.29, 0.717) is 12.3 Å². The number of hydrogen-bond acceptors (Lipinski definition) is 5. The smallest absolute Gasteiger partial charge is 0.267 e. The third-order valence-electron chi connectivity index (χ3n) is 2.93. The zero-order chi connectivity index (χ0) is 16.7. The van der Waals surface area contributed by atoms with Crippen molar-refractivity contribution >= 4 is 28.8 Å². The molecule has 0 aliphatic rings. The Bertz CT molecular complexity index is 654. The molecule has 0 bridgehead atoms. The molecule has 7 heteroatoms. The van der Waals surface area contributed by atoms with Crippen molar-refractivity contribution in [3.05, 3.63) is 46.7 Å². The molecule has 23 heavy (non-hydrogen) atoms. The van der Waals surface area contributed by atoms with Crippen molar-refractivity contribution in [1.82, 2.24) is 0 Å². The molecule has 1 unspecified atom stereocenters. The maximum atomic E-state index is 12.0. The van der Waals surface area contributed by atoms with Crippen LogP contribution in [0.3, 0.4) is 0 Å². The van der Waals surface area contributed by atoms with Gasteiger partial charge >= 0.3 is 0 Å². The highest BCUT2D eigenvalue weighted by molar-refractivity contribution is 7.08. The van der Waals surface area contributed by atoms with E-state index in [1.54, 1.807) is 31.2 Å². The summed E-state index contributed by atoms with van der Waals surface area (Å²) in [6, 6.07) is 8.93. The van der Waals surface area contributed by atoms with Gasteiger partial charge in [-0.3, -0.25) is 4.79 Å². The van der Waals surface area contributed by atoms with Crippen molar-refractivity contribution in [2.75, 3.05) is 11.9 Å². The quantitative estimate of drug-likeness (QED) is 0.463. The Morgan fingerprint density at radius 1 is 1.35 bits per heavy atom. The summed E-state index contributed by atoms with van der Waals surface area (Å²) in [5, 5.41) is 10.3. The number of oxime groups is 1. The van der Waals surface area contributed by atoms with Crippen LogP contribution in [0, 0.1) is 0 Å². The number of amidine groups is 1. The second-order valence-electron chi connectivity index (χ2n) is 4.68. The van der Waals surface area contributed by atoms with Gasteiger partial charge in [0.1, 0.15) is 5.75 Å². The zero-order valence-corrected chi connectivity index (χ0v) is 13.8. The van der Waals surface area contributed by atoms with E-state index in [0.717, 1.165) is 11.3 Å². The molecule has 0 saturated carbocycles. The van der Waals surface area contributed by atoms with E-state index in [4.69, 9.17) is 15.3 Å².